The molecule has 3 nitrogen and oxygen atoms in total. The number of rotatable bonds is 5. The van der Waals surface area contributed by atoms with Crippen molar-refractivity contribution in [3.05, 3.63) is 48.0 Å². The first-order chi connectivity index (χ1) is 8.30. The third-order valence-corrected chi connectivity index (χ3v) is 2.87. The summed E-state index contributed by atoms with van der Waals surface area (Å²) in [6.45, 7) is 8.89. The van der Waals surface area contributed by atoms with Crippen LogP contribution in [0.15, 0.2) is 42.5 Å². The van der Waals surface area contributed by atoms with Crippen molar-refractivity contribution in [1.29, 1.82) is 0 Å². The summed E-state index contributed by atoms with van der Waals surface area (Å²) in [5.74, 6) is -0.398. The SMILES string of the molecule is C=C(C)C(=O)OC(Cc1ccccc1)C(C)(C)Cl.N. The second-order valence-corrected chi connectivity index (χ2v) is 5.90. The first kappa shape index (κ1) is 17.7. The molecule has 0 aliphatic rings. The van der Waals surface area contributed by atoms with Gasteiger partial charge in [0.15, 0.2) is 0 Å². The van der Waals surface area contributed by atoms with E-state index in [1.807, 2.05) is 44.2 Å². The Morgan fingerprint density at radius 1 is 1.37 bits per heavy atom. The van der Waals surface area contributed by atoms with Crippen LogP contribution in [0.1, 0.15) is 26.3 Å². The van der Waals surface area contributed by atoms with Crippen molar-refractivity contribution in [2.24, 2.45) is 0 Å². The molecule has 0 bridgehead atoms. The Morgan fingerprint density at radius 2 is 1.89 bits per heavy atom. The van der Waals surface area contributed by atoms with E-state index >= 15 is 0 Å². The third kappa shape index (κ3) is 5.90. The second kappa shape index (κ2) is 7.31. The molecule has 0 fully saturated rings. The number of benzene rings is 1. The predicted molar refractivity (Wildman–Crippen MR) is 79.8 cm³/mol. The summed E-state index contributed by atoms with van der Waals surface area (Å²) in [6, 6.07) is 9.83. The van der Waals surface area contributed by atoms with Crippen LogP contribution in [-0.2, 0) is 16.0 Å². The molecular weight excluding hydrogens is 262 g/mol. The number of hydrogen-bond acceptors (Lipinski definition) is 3. The van der Waals surface area contributed by atoms with Crippen molar-refractivity contribution >= 4 is 17.6 Å². The lowest BCUT2D eigenvalue weighted by molar-refractivity contribution is -0.145. The highest BCUT2D eigenvalue weighted by Gasteiger charge is 2.30. The fraction of sp³-hybridized carbons (Fsp3) is 0.400. The van der Waals surface area contributed by atoms with Gasteiger partial charge in [-0.25, -0.2) is 4.79 Å². The normalized spacial score (nSPS) is 12.2. The van der Waals surface area contributed by atoms with Gasteiger partial charge in [-0.15, -0.1) is 11.6 Å². The van der Waals surface area contributed by atoms with Crippen LogP contribution in [0.2, 0.25) is 0 Å². The third-order valence-electron chi connectivity index (χ3n) is 2.63. The van der Waals surface area contributed by atoms with E-state index in [0.29, 0.717) is 12.0 Å². The summed E-state index contributed by atoms with van der Waals surface area (Å²) in [7, 11) is 0. The molecule has 1 rings (SSSR count). The predicted octanol–water partition coefficient (Wildman–Crippen LogP) is 3.90. The van der Waals surface area contributed by atoms with Crippen LogP contribution in [0.5, 0.6) is 0 Å². The molecule has 3 N–H and O–H groups in total. The molecule has 106 valence electrons. The van der Waals surface area contributed by atoms with E-state index in [4.69, 9.17) is 16.3 Å². The largest absolute Gasteiger partial charge is 0.457 e. The van der Waals surface area contributed by atoms with Crippen molar-refractivity contribution in [3.63, 3.8) is 0 Å². The number of alkyl halides is 1. The van der Waals surface area contributed by atoms with Crippen LogP contribution in [0, 0.1) is 0 Å². The first-order valence-electron chi connectivity index (χ1n) is 5.90. The molecule has 4 heteroatoms. The van der Waals surface area contributed by atoms with E-state index in [9.17, 15) is 4.79 Å². The smallest absolute Gasteiger partial charge is 0.333 e. The van der Waals surface area contributed by atoms with Gasteiger partial charge in [-0.3, -0.25) is 0 Å². The summed E-state index contributed by atoms with van der Waals surface area (Å²) >= 11 is 6.29. The molecule has 1 atom stereocenters. The van der Waals surface area contributed by atoms with E-state index in [2.05, 4.69) is 6.58 Å². The van der Waals surface area contributed by atoms with Gasteiger partial charge in [0, 0.05) is 12.0 Å². The average Bonchev–Trinajstić information content (AvgIpc) is 2.28. The van der Waals surface area contributed by atoms with Gasteiger partial charge in [0.1, 0.15) is 6.10 Å². The zero-order valence-electron chi connectivity index (χ0n) is 11.8. The topological polar surface area (TPSA) is 61.3 Å². The molecule has 1 unspecified atom stereocenters. The van der Waals surface area contributed by atoms with Crippen LogP contribution < -0.4 is 6.15 Å². The maximum absolute atomic E-state index is 11.6. The summed E-state index contributed by atoms with van der Waals surface area (Å²) in [5.41, 5.74) is 1.47. The van der Waals surface area contributed by atoms with Gasteiger partial charge >= 0.3 is 5.97 Å². The Balaban J connectivity index is 0.00000324. The lowest BCUT2D eigenvalue weighted by Gasteiger charge is -2.28. The molecule has 0 aliphatic heterocycles. The molecule has 19 heavy (non-hydrogen) atoms. The van der Waals surface area contributed by atoms with Crippen LogP contribution in [0.3, 0.4) is 0 Å². The van der Waals surface area contributed by atoms with Crippen molar-refractivity contribution < 1.29 is 9.53 Å². The van der Waals surface area contributed by atoms with Gasteiger partial charge < -0.3 is 10.9 Å². The van der Waals surface area contributed by atoms with Crippen molar-refractivity contribution in [1.82, 2.24) is 6.15 Å². The molecule has 0 amide bonds. The highest BCUT2D eigenvalue weighted by Crippen LogP contribution is 2.25. The van der Waals surface area contributed by atoms with E-state index in [1.165, 1.54) is 0 Å². The van der Waals surface area contributed by atoms with E-state index in [-0.39, 0.29) is 12.3 Å². The highest BCUT2D eigenvalue weighted by molar-refractivity contribution is 6.24. The number of halogens is 1. The summed E-state index contributed by atoms with van der Waals surface area (Å²) in [5, 5.41) is 0. The second-order valence-electron chi connectivity index (χ2n) is 4.93. The summed E-state index contributed by atoms with van der Waals surface area (Å²) in [4.78, 5) is 11.0. The van der Waals surface area contributed by atoms with E-state index < -0.39 is 10.8 Å². The maximum Gasteiger partial charge on any atom is 0.333 e. The van der Waals surface area contributed by atoms with Gasteiger partial charge in [0.25, 0.3) is 0 Å². The lowest BCUT2D eigenvalue weighted by atomic mass is 9.98. The minimum absolute atomic E-state index is 0. The first-order valence-corrected chi connectivity index (χ1v) is 6.28. The molecule has 0 aromatic heterocycles. The van der Waals surface area contributed by atoms with Crippen LogP contribution in [-0.4, -0.2) is 16.9 Å². The Hall–Kier alpha value is -1.32. The minimum atomic E-state index is -0.624. The number of ether oxygens (including phenoxy) is 1. The average molecular weight is 284 g/mol. The molecule has 0 heterocycles. The van der Waals surface area contributed by atoms with Gasteiger partial charge in [-0.2, -0.15) is 0 Å². The quantitative estimate of drug-likeness (QED) is 0.506. The van der Waals surface area contributed by atoms with Gasteiger partial charge in [-0.05, 0) is 26.3 Å². The van der Waals surface area contributed by atoms with Crippen molar-refractivity contribution in [2.75, 3.05) is 0 Å². The monoisotopic (exact) mass is 283 g/mol. The van der Waals surface area contributed by atoms with E-state index in [1.54, 1.807) is 6.92 Å². The maximum atomic E-state index is 11.6. The molecule has 0 aliphatic carbocycles. The van der Waals surface area contributed by atoms with Crippen LogP contribution in [0.25, 0.3) is 0 Å². The molecule has 1 aromatic carbocycles. The number of carbonyl (C=O) groups excluding carboxylic acids is 1. The standard InChI is InChI=1S/C15H19ClO2.H3N/c1-11(2)14(17)18-13(15(3,4)16)10-12-8-6-5-7-9-12;/h5-9,13H,1,10H2,2-4H3;1H3. The Morgan fingerprint density at radius 3 is 2.32 bits per heavy atom. The number of esters is 1. The fourth-order valence-corrected chi connectivity index (χ4v) is 1.60. The van der Waals surface area contributed by atoms with E-state index in [0.717, 1.165) is 5.56 Å². The van der Waals surface area contributed by atoms with Gasteiger partial charge in [0.2, 0.25) is 0 Å². The zero-order valence-corrected chi connectivity index (χ0v) is 12.5. The van der Waals surface area contributed by atoms with Crippen LogP contribution in [0.4, 0.5) is 0 Å². The number of carbonyl (C=O) groups is 1. The number of hydrogen-bond donors (Lipinski definition) is 1. The van der Waals surface area contributed by atoms with Crippen molar-refractivity contribution in [3.8, 4) is 0 Å². The van der Waals surface area contributed by atoms with Crippen LogP contribution >= 0.6 is 11.6 Å². The summed E-state index contributed by atoms with van der Waals surface area (Å²) < 4.78 is 5.41. The molecule has 0 spiro atoms. The lowest BCUT2D eigenvalue weighted by Crippen LogP contribution is -2.37. The molecule has 1 aromatic rings. The van der Waals surface area contributed by atoms with Crippen molar-refractivity contribution in [2.45, 2.75) is 38.2 Å². The summed E-state index contributed by atoms with van der Waals surface area (Å²) in [6.07, 6.45) is 0.210. The molecule has 0 saturated carbocycles. The Bertz CT molecular complexity index is 424. The van der Waals surface area contributed by atoms with Gasteiger partial charge in [0.05, 0.1) is 4.87 Å². The minimum Gasteiger partial charge on any atom is -0.457 e. The Labute approximate surface area is 120 Å². The highest BCUT2D eigenvalue weighted by atomic mass is 35.5. The van der Waals surface area contributed by atoms with Gasteiger partial charge in [-0.1, -0.05) is 36.9 Å². The molecular formula is C15H22ClNO2. The zero-order chi connectivity index (χ0) is 13.8. The molecule has 0 radical (unpaired) electrons. The Kier molecular flexibility index (Phi) is 6.81. The molecule has 0 saturated heterocycles. The fourth-order valence-electron chi connectivity index (χ4n) is 1.48.